The highest BCUT2D eigenvalue weighted by atomic mass is 79.9. The molecule has 0 aliphatic heterocycles. The van der Waals surface area contributed by atoms with E-state index in [0.717, 1.165) is 24.2 Å². The van der Waals surface area contributed by atoms with Gasteiger partial charge in [-0.2, -0.15) is 18.3 Å². The first-order chi connectivity index (χ1) is 14.8. The lowest BCUT2D eigenvalue weighted by atomic mass is 10.1. The van der Waals surface area contributed by atoms with E-state index in [0.29, 0.717) is 10.4 Å². The zero-order valence-corrected chi connectivity index (χ0v) is 18.5. The summed E-state index contributed by atoms with van der Waals surface area (Å²) in [5.41, 5.74) is -0.254. The van der Waals surface area contributed by atoms with Crippen LogP contribution >= 0.6 is 15.9 Å². The number of benzene rings is 2. The first-order valence-corrected chi connectivity index (χ1v) is 9.81. The minimum absolute atomic E-state index is 0.0466. The minimum Gasteiger partial charge on any atom is -0.457 e. The number of nitro groups is 1. The van der Waals surface area contributed by atoms with E-state index in [-0.39, 0.29) is 17.1 Å². The molecule has 0 spiro atoms. The Balaban J connectivity index is 1.94. The largest absolute Gasteiger partial charge is 0.457 e. The highest BCUT2D eigenvalue weighted by Gasteiger charge is 2.39. The molecule has 8 nitrogen and oxygen atoms in total. The van der Waals surface area contributed by atoms with Gasteiger partial charge in [0.25, 0.3) is 11.6 Å². The van der Waals surface area contributed by atoms with E-state index >= 15 is 0 Å². The molecule has 0 bridgehead atoms. The van der Waals surface area contributed by atoms with E-state index in [1.54, 1.807) is 12.1 Å². The van der Waals surface area contributed by atoms with Crippen molar-refractivity contribution in [2.75, 3.05) is 5.32 Å². The van der Waals surface area contributed by atoms with Crippen molar-refractivity contribution in [3.8, 4) is 11.5 Å². The van der Waals surface area contributed by atoms with Gasteiger partial charge in [-0.3, -0.25) is 19.6 Å². The number of nitrogens with one attached hydrogen (secondary N) is 1. The third-order valence-corrected chi connectivity index (χ3v) is 5.02. The van der Waals surface area contributed by atoms with E-state index < -0.39 is 32.9 Å². The number of carbonyl (C=O) groups excluding carboxylic acids is 1. The van der Waals surface area contributed by atoms with E-state index in [4.69, 9.17) is 4.74 Å². The molecule has 0 aliphatic carbocycles. The highest BCUT2D eigenvalue weighted by Crippen LogP contribution is 2.37. The van der Waals surface area contributed by atoms with Crippen LogP contribution < -0.4 is 10.1 Å². The Morgan fingerprint density at radius 2 is 1.72 bits per heavy atom. The highest BCUT2D eigenvalue weighted by molar-refractivity contribution is 9.10. The Kier molecular flexibility index (Phi) is 6.26. The second kappa shape index (κ2) is 8.61. The predicted molar refractivity (Wildman–Crippen MR) is 113 cm³/mol. The van der Waals surface area contributed by atoms with Crippen molar-refractivity contribution in [2.45, 2.75) is 20.0 Å². The normalized spacial score (nSPS) is 11.3. The van der Waals surface area contributed by atoms with Gasteiger partial charge in [0.2, 0.25) is 0 Å². The van der Waals surface area contributed by atoms with Crippen molar-refractivity contribution >= 4 is 33.2 Å². The van der Waals surface area contributed by atoms with Gasteiger partial charge in [-0.25, -0.2) is 0 Å². The summed E-state index contributed by atoms with van der Waals surface area (Å²) in [5, 5.41) is 17.3. The lowest BCUT2D eigenvalue weighted by molar-refractivity contribution is -0.384. The third-order valence-electron chi connectivity index (χ3n) is 4.26. The first-order valence-electron chi connectivity index (χ1n) is 9.02. The second-order valence-corrected chi connectivity index (χ2v) is 7.78. The number of hydrogen-bond acceptors (Lipinski definition) is 5. The topological polar surface area (TPSA) is 99.3 Å². The van der Waals surface area contributed by atoms with Gasteiger partial charge in [0.05, 0.1) is 21.1 Å². The number of alkyl halides is 3. The lowest BCUT2D eigenvalue weighted by Crippen LogP contribution is -2.14. The molecule has 2 aromatic carbocycles. The molecule has 0 aliphatic rings. The van der Waals surface area contributed by atoms with Crippen LogP contribution in [0.2, 0.25) is 0 Å². The monoisotopic (exact) mass is 512 g/mol. The smallest absolute Gasteiger partial charge is 0.434 e. The molecule has 0 atom stereocenters. The van der Waals surface area contributed by atoms with E-state index in [1.807, 2.05) is 19.9 Å². The number of amides is 1. The number of nitrogens with zero attached hydrogens (tertiary/aromatic N) is 3. The zero-order chi connectivity index (χ0) is 23.8. The van der Waals surface area contributed by atoms with Crippen LogP contribution in [0.5, 0.6) is 11.5 Å². The molecule has 1 N–H and O–H groups in total. The summed E-state index contributed by atoms with van der Waals surface area (Å²) in [6.45, 7) is 3.72. The fraction of sp³-hybridized carbons (Fsp3) is 0.200. The van der Waals surface area contributed by atoms with Crippen molar-refractivity contribution in [2.24, 2.45) is 7.05 Å². The number of halogens is 4. The quantitative estimate of drug-likeness (QED) is 0.345. The van der Waals surface area contributed by atoms with Crippen LogP contribution in [0.4, 0.5) is 24.5 Å². The molecule has 3 rings (SSSR count). The molecule has 0 saturated heterocycles. The SMILES string of the molecule is Cc1cc(C)cc(Oc2cc(NC(=O)c3nn(C)c(C(F)(F)F)c3Br)cc([N+](=O)[O-])c2)c1. The molecule has 12 heteroatoms. The minimum atomic E-state index is -4.74. The number of rotatable bonds is 5. The number of anilines is 1. The fourth-order valence-corrected chi connectivity index (χ4v) is 3.83. The van der Waals surface area contributed by atoms with Gasteiger partial charge >= 0.3 is 6.18 Å². The summed E-state index contributed by atoms with van der Waals surface area (Å²) < 4.78 is 45.2. The van der Waals surface area contributed by atoms with Gasteiger partial charge in [-0.1, -0.05) is 6.07 Å². The molecule has 0 fully saturated rings. The molecule has 0 radical (unpaired) electrons. The van der Waals surface area contributed by atoms with Crippen molar-refractivity contribution in [1.29, 1.82) is 0 Å². The number of aryl methyl sites for hydroxylation is 3. The standard InChI is InChI=1S/C20H16BrF3N4O4/c1-10-4-11(2)6-14(5-10)32-15-8-12(7-13(9-15)28(30)31)25-19(29)17-16(21)18(20(22,23)24)27(3)26-17/h4-9H,1-3H3,(H,25,29). The number of aromatic nitrogens is 2. The van der Waals surface area contributed by atoms with Crippen molar-refractivity contribution in [3.63, 3.8) is 0 Å². The second-order valence-electron chi connectivity index (χ2n) is 6.98. The van der Waals surface area contributed by atoms with Gasteiger partial charge in [0.15, 0.2) is 11.4 Å². The molecule has 0 unspecified atom stereocenters. The maximum Gasteiger partial charge on any atom is 0.434 e. The average Bonchev–Trinajstić information content (AvgIpc) is 2.95. The average molecular weight is 513 g/mol. The summed E-state index contributed by atoms with van der Waals surface area (Å²) in [6, 6.07) is 8.94. The van der Waals surface area contributed by atoms with Crippen LogP contribution in [0, 0.1) is 24.0 Å². The lowest BCUT2D eigenvalue weighted by Gasteiger charge is -2.10. The van der Waals surface area contributed by atoms with Crippen LogP contribution in [0.15, 0.2) is 40.9 Å². The Bertz CT molecular complexity index is 1200. The summed E-state index contributed by atoms with van der Waals surface area (Å²) in [6.07, 6.45) is -4.74. The van der Waals surface area contributed by atoms with Gasteiger partial charge in [-0.05, 0) is 53.0 Å². The summed E-state index contributed by atoms with van der Waals surface area (Å²) >= 11 is 2.76. The molecule has 1 aromatic heterocycles. The third kappa shape index (κ3) is 5.07. The van der Waals surface area contributed by atoms with E-state index in [1.165, 1.54) is 12.1 Å². The van der Waals surface area contributed by atoms with E-state index in [9.17, 15) is 28.1 Å². The summed E-state index contributed by atoms with van der Waals surface area (Å²) in [5.74, 6) is -0.487. The fourth-order valence-electron chi connectivity index (χ4n) is 3.09. The van der Waals surface area contributed by atoms with E-state index in [2.05, 4.69) is 26.3 Å². The Morgan fingerprint density at radius 1 is 1.12 bits per heavy atom. The maximum absolute atomic E-state index is 13.2. The van der Waals surface area contributed by atoms with Crippen molar-refractivity contribution in [3.05, 3.63) is 73.5 Å². The molecule has 168 valence electrons. The van der Waals surface area contributed by atoms with Crippen LogP contribution in [0.25, 0.3) is 0 Å². The number of hydrogen-bond donors (Lipinski definition) is 1. The molecule has 1 amide bonds. The predicted octanol–water partition coefficient (Wildman–Crippen LogP) is 5.77. The Labute approximate surface area is 188 Å². The molecular formula is C20H16BrF3N4O4. The number of non-ortho nitro benzene ring substituents is 1. The number of nitro benzene ring substituents is 1. The van der Waals surface area contributed by atoms with Crippen LogP contribution in [-0.2, 0) is 13.2 Å². The first kappa shape index (κ1) is 23.3. The van der Waals surface area contributed by atoms with Crippen molar-refractivity contribution < 1.29 is 27.6 Å². The molecule has 32 heavy (non-hydrogen) atoms. The van der Waals surface area contributed by atoms with Gasteiger partial charge in [0, 0.05) is 19.2 Å². The van der Waals surface area contributed by atoms with Crippen LogP contribution in [-0.4, -0.2) is 20.6 Å². The van der Waals surface area contributed by atoms with Crippen molar-refractivity contribution in [1.82, 2.24) is 9.78 Å². The van der Waals surface area contributed by atoms with Gasteiger partial charge in [0.1, 0.15) is 11.5 Å². The zero-order valence-electron chi connectivity index (χ0n) is 17.0. The number of carbonyl (C=O) groups is 1. The summed E-state index contributed by atoms with van der Waals surface area (Å²) in [4.78, 5) is 23.2. The molecule has 3 aromatic rings. The Morgan fingerprint density at radius 3 is 2.25 bits per heavy atom. The van der Waals surface area contributed by atoms with Gasteiger partial charge in [-0.15, -0.1) is 0 Å². The van der Waals surface area contributed by atoms with Crippen LogP contribution in [0.1, 0.15) is 27.3 Å². The maximum atomic E-state index is 13.2. The van der Waals surface area contributed by atoms with Gasteiger partial charge < -0.3 is 10.1 Å². The molecule has 0 saturated carbocycles. The molecule has 1 heterocycles. The number of ether oxygens (including phenoxy) is 1. The Hall–Kier alpha value is -3.41. The summed E-state index contributed by atoms with van der Waals surface area (Å²) in [7, 11) is 1.05. The molecular weight excluding hydrogens is 497 g/mol. The van der Waals surface area contributed by atoms with Crippen LogP contribution in [0.3, 0.4) is 0 Å².